The molecular formula is C10H9F3N2O5. The van der Waals surface area contributed by atoms with Crippen molar-refractivity contribution in [3.63, 3.8) is 0 Å². The Bertz CT molecular complexity index is 544. The highest BCUT2D eigenvalue weighted by molar-refractivity contribution is 5.93. The van der Waals surface area contributed by atoms with E-state index in [1.165, 1.54) is 13.8 Å². The maximum atomic E-state index is 12.3. The molecule has 0 saturated heterocycles. The van der Waals surface area contributed by atoms with Gasteiger partial charge in [-0.25, -0.2) is 4.79 Å². The zero-order valence-corrected chi connectivity index (χ0v) is 10.4. The summed E-state index contributed by atoms with van der Waals surface area (Å²) in [6, 6.07) is 0.857. The number of alkyl halides is 3. The highest BCUT2D eigenvalue weighted by atomic mass is 19.4. The van der Waals surface area contributed by atoms with Crippen molar-refractivity contribution >= 4 is 11.8 Å². The van der Waals surface area contributed by atoms with Crippen LogP contribution in [-0.4, -0.2) is 28.8 Å². The number of esters is 1. The number of aromatic nitrogens is 1. The number of hydrogen-bond donors (Lipinski definition) is 0. The smallest absolute Gasteiger partial charge is 0.462 e. The molecule has 0 aliphatic heterocycles. The van der Waals surface area contributed by atoms with Crippen LogP contribution in [0.3, 0.4) is 0 Å². The molecule has 10 heteroatoms. The first kappa shape index (κ1) is 15.7. The van der Waals surface area contributed by atoms with Gasteiger partial charge in [0.1, 0.15) is 0 Å². The van der Waals surface area contributed by atoms with Gasteiger partial charge < -0.3 is 19.6 Å². The third-order valence-electron chi connectivity index (χ3n) is 2.05. The maximum absolute atomic E-state index is 12.3. The normalized spacial score (nSPS) is 11.1. The lowest BCUT2D eigenvalue weighted by atomic mass is 10.1. The number of pyridine rings is 1. The second-order valence-electron chi connectivity index (χ2n) is 3.50. The van der Waals surface area contributed by atoms with Gasteiger partial charge in [-0.2, -0.15) is 0 Å². The van der Waals surface area contributed by atoms with Gasteiger partial charge in [-0.05, 0) is 24.3 Å². The van der Waals surface area contributed by atoms with Crippen molar-refractivity contribution in [1.82, 2.24) is 4.98 Å². The molecule has 0 saturated carbocycles. The lowest BCUT2D eigenvalue weighted by Crippen LogP contribution is -2.21. The summed E-state index contributed by atoms with van der Waals surface area (Å²) in [7, 11) is 0. The predicted octanol–water partition coefficient (Wildman–Crippen LogP) is 2.37. The van der Waals surface area contributed by atoms with Gasteiger partial charge in [0.15, 0.2) is 5.56 Å². The van der Waals surface area contributed by atoms with E-state index in [9.17, 15) is 28.1 Å². The Hall–Kier alpha value is -2.39. The molecule has 1 aromatic rings. The van der Waals surface area contributed by atoms with Gasteiger partial charge in [-0.1, -0.05) is 0 Å². The van der Waals surface area contributed by atoms with Crippen molar-refractivity contribution in [2.45, 2.75) is 20.2 Å². The number of carbonyl (C=O) groups excluding carboxylic acids is 1. The molecule has 0 aromatic carbocycles. The van der Waals surface area contributed by atoms with Crippen LogP contribution in [0.5, 0.6) is 5.88 Å². The summed E-state index contributed by atoms with van der Waals surface area (Å²) in [6.07, 6.45) is -5.14. The molecule has 0 spiro atoms. The van der Waals surface area contributed by atoms with E-state index in [1.807, 2.05) is 0 Å². The van der Waals surface area contributed by atoms with Crippen LogP contribution in [0.1, 0.15) is 22.8 Å². The maximum Gasteiger partial charge on any atom is 0.575 e. The van der Waals surface area contributed by atoms with E-state index in [2.05, 4.69) is 14.5 Å². The van der Waals surface area contributed by atoms with Crippen LogP contribution in [0.25, 0.3) is 0 Å². The first-order chi connectivity index (χ1) is 9.15. The topological polar surface area (TPSA) is 91.6 Å². The summed E-state index contributed by atoms with van der Waals surface area (Å²) in [5.41, 5.74) is -0.709. The molecule has 0 aliphatic rings. The third-order valence-corrected chi connectivity index (χ3v) is 2.05. The second kappa shape index (κ2) is 5.72. The van der Waals surface area contributed by atoms with Gasteiger partial charge in [-0.15, -0.1) is 13.2 Å². The van der Waals surface area contributed by atoms with Crippen LogP contribution in [0, 0.1) is 17.0 Å². The zero-order valence-electron chi connectivity index (χ0n) is 10.4. The molecular weight excluding hydrogens is 285 g/mol. The average molecular weight is 294 g/mol. The molecule has 0 N–H and O–H groups in total. The number of rotatable bonds is 4. The van der Waals surface area contributed by atoms with Crippen molar-refractivity contribution in [1.29, 1.82) is 0 Å². The third kappa shape index (κ3) is 3.80. The Morgan fingerprint density at radius 1 is 1.50 bits per heavy atom. The Labute approximate surface area is 110 Å². The van der Waals surface area contributed by atoms with E-state index in [4.69, 9.17) is 0 Å². The summed E-state index contributed by atoms with van der Waals surface area (Å²) >= 11 is 0. The van der Waals surface area contributed by atoms with Crippen molar-refractivity contribution in [2.75, 3.05) is 6.61 Å². The van der Waals surface area contributed by atoms with Crippen LogP contribution >= 0.6 is 0 Å². The minimum Gasteiger partial charge on any atom is -0.462 e. The average Bonchev–Trinajstić information content (AvgIpc) is 2.25. The second-order valence-corrected chi connectivity index (χ2v) is 3.50. The van der Waals surface area contributed by atoms with E-state index < -0.39 is 34.5 Å². The number of hydrogen-bond acceptors (Lipinski definition) is 6. The SMILES string of the molecule is CCOC(=O)c1c(C)cc([N+](=O)[O-])nc1OC(F)(F)F. The van der Waals surface area contributed by atoms with Crippen LogP contribution in [-0.2, 0) is 4.74 Å². The highest BCUT2D eigenvalue weighted by Gasteiger charge is 2.38. The quantitative estimate of drug-likeness (QED) is 0.481. The molecule has 1 aromatic heterocycles. The van der Waals surface area contributed by atoms with Gasteiger partial charge in [0.05, 0.1) is 6.61 Å². The molecule has 0 fully saturated rings. The van der Waals surface area contributed by atoms with Crippen molar-refractivity contribution in [2.24, 2.45) is 0 Å². The summed E-state index contributed by atoms with van der Waals surface area (Å²) in [4.78, 5) is 24.2. The molecule has 0 aliphatic carbocycles. The lowest BCUT2D eigenvalue weighted by Gasteiger charge is -2.10. The van der Waals surface area contributed by atoms with Crippen LogP contribution in [0.4, 0.5) is 19.0 Å². The van der Waals surface area contributed by atoms with E-state index in [1.54, 1.807) is 0 Å². The van der Waals surface area contributed by atoms with Gasteiger partial charge in [-0.3, -0.25) is 0 Å². The molecule has 0 bridgehead atoms. The fourth-order valence-electron chi connectivity index (χ4n) is 1.36. The number of ether oxygens (including phenoxy) is 2. The predicted molar refractivity (Wildman–Crippen MR) is 58.3 cm³/mol. The van der Waals surface area contributed by atoms with Crippen LogP contribution < -0.4 is 4.74 Å². The summed E-state index contributed by atoms with van der Waals surface area (Å²) < 4.78 is 44.9. The van der Waals surface area contributed by atoms with Gasteiger partial charge >= 0.3 is 24.0 Å². The van der Waals surface area contributed by atoms with E-state index >= 15 is 0 Å². The molecule has 20 heavy (non-hydrogen) atoms. The largest absolute Gasteiger partial charge is 0.575 e. The molecule has 1 heterocycles. The van der Waals surface area contributed by atoms with E-state index in [0.717, 1.165) is 6.07 Å². The van der Waals surface area contributed by atoms with Crippen molar-refractivity contribution in [3.05, 3.63) is 27.3 Å². The molecule has 7 nitrogen and oxygen atoms in total. The van der Waals surface area contributed by atoms with E-state index in [-0.39, 0.29) is 12.2 Å². The molecule has 0 amide bonds. The Morgan fingerprint density at radius 3 is 2.55 bits per heavy atom. The molecule has 110 valence electrons. The Morgan fingerprint density at radius 2 is 2.10 bits per heavy atom. The fourth-order valence-corrected chi connectivity index (χ4v) is 1.36. The first-order valence-corrected chi connectivity index (χ1v) is 5.24. The summed E-state index contributed by atoms with van der Waals surface area (Å²) in [5.74, 6) is -3.18. The van der Waals surface area contributed by atoms with E-state index in [0.29, 0.717) is 0 Å². The van der Waals surface area contributed by atoms with Crippen molar-refractivity contribution in [3.8, 4) is 5.88 Å². The molecule has 0 atom stereocenters. The van der Waals surface area contributed by atoms with Gasteiger partial charge in [0.2, 0.25) is 0 Å². The number of carbonyl (C=O) groups is 1. The van der Waals surface area contributed by atoms with Crippen LogP contribution in [0.15, 0.2) is 6.07 Å². The first-order valence-electron chi connectivity index (χ1n) is 5.24. The highest BCUT2D eigenvalue weighted by Crippen LogP contribution is 2.29. The molecule has 1 rings (SSSR count). The standard InChI is InChI=1S/C10H9F3N2O5/c1-3-19-9(16)7-5(2)4-6(15(17)18)14-8(7)20-10(11,12)13/h4H,3H2,1-2H3. The van der Waals surface area contributed by atoms with Crippen molar-refractivity contribution < 1.29 is 32.4 Å². The molecule has 0 radical (unpaired) electrons. The minimum absolute atomic E-state index is 0.0826. The molecule has 0 unspecified atom stereocenters. The summed E-state index contributed by atoms with van der Waals surface area (Å²) in [5, 5.41) is 10.6. The zero-order chi connectivity index (χ0) is 15.5. The number of nitro groups is 1. The van der Waals surface area contributed by atoms with Crippen LogP contribution in [0.2, 0.25) is 0 Å². The number of nitrogens with zero attached hydrogens (tertiary/aromatic N) is 2. The van der Waals surface area contributed by atoms with Gasteiger partial charge in [0.25, 0.3) is 0 Å². The Kier molecular flexibility index (Phi) is 4.48. The monoisotopic (exact) mass is 294 g/mol. The lowest BCUT2D eigenvalue weighted by molar-refractivity contribution is -0.390. The summed E-state index contributed by atoms with van der Waals surface area (Å²) in [6.45, 7) is 2.58. The minimum atomic E-state index is -5.14. The number of halogens is 3. The number of aryl methyl sites for hydroxylation is 1. The van der Waals surface area contributed by atoms with Gasteiger partial charge in [0, 0.05) is 11.1 Å². The fraction of sp³-hybridized carbons (Fsp3) is 0.400. The Balaban J connectivity index is 3.40.